The van der Waals surface area contributed by atoms with Gasteiger partial charge in [-0.1, -0.05) is 30.3 Å². The van der Waals surface area contributed by atoms with Gasteiger partial charge in [0.15, 0.2) is 0 Å². The first-order valence-corrected chi connectivity index (χ1v) is 10.5. The SMILES string of the molecule is CSCCC(N)C(=O)NCCCN1CCN(C)CC1c1ccccc1.Cl. The molecule has 1 aromatic carbocycles. The van der Waals surface area contributed by atoms with Gasteiger partial charge < -0.3 is 16.0 Å². The fourth-order valence-corrected chi connectivity index (χ4v) is 3.71. The second kappa shape index (κ2) is 12.6. The minimum atomic E-state index is -0.381. The number of nitrogens with zero attached hydrogens (tertiary/aromatic N) is 2. The summed E-state index contributed by atoms with van der Waals surface area (Å²) in [4.78, 5) is 16.9. The van der Waals surface area contributed by atoms with E-state index in [0.717, 1.165) is 44.8 Å². The summed E-state index contributed by atoms with van der Waals surface area (Å²) in [5.74, 6) is 0.904. The van der Waals surface area contributed by atoms with Crippen LogP contribution in [0.2, 0.25) is 0 Å². The third-order valence-corrected chi connectivity index (χ3v) is 5.41. The van der Waals surface area contributed by atoms with E-state index in [0.29, 0.717) is 12.6 Å². The van der Waals surface area contributed by atoms with Crippen molar-refractivity contribution < 1.29 is 4.79 Å². The summed E-state index contributed by atoms with van der Waals surface area (Å²) in [6.07, 6.45) is 3.72. The minimum absolute atomic E-state index is 0. The van der Waals surface area contributed by atoms with Crippen molar-refractivity contribution >= 4 is 30.1 Å². The zero-order valence-electron chi connectivity index (χ0n) is 15.9. The van der Waals surface area contributed by atoms with Crippen molar-refractivity contribution in [1.29, 1.82) is 0 Å². The lowest BCUT2D eigenvalue weighted by molar-refractivity contribution is -0.122. The minimum Gasteiger partial charge on any atom is -0.355 e. The Bertz CT molecular complexity index is 520. The normalized spacial score (nSPS) is 19.6. The van der Waals surface area contributed by atoms with Crippen LogP contribution in [-0.2, 0) is 4.79 Å². The first kappa shape index (κ1) is 23.2. The molecule has 1 heterocycles. The second-order valence-electron chi connectivity index (χ2n) is 6.76. The zero-order chi connectivity index (χ0) is 18.1. The first-order chi connectivity index (χ1) is 12.1. The van der Waals surface area contributed by atoms with Crippen molar-refractivity contribution in [1.82, 2.24) is 15.1 Å². The van der Waals surface area contributed by atoms with Crippen LogP contribution in [0.5, 0.6) is 0 Å². The molecule has 3 N–H and O–H groups in total. The molecule has 0 bridgehead atoms. The predicted molar refractivity (Wildman–Crippen MR) is 114 cm³/mol. The molecule has 1 saturated heterocycles. The number of piperazine rings is 1. The van der Waals surface area contributed by atoms with Gasteiger partial charge in [0, 0.05) is 38.8 Å². The van der Waals surface area contributed by atoms with Crippen LogP contribution in [-0.4, -0.2) is 73.5 Å². The standard InChI is InChI=1S/C19H32N4OS.ClH/c1-22-12-13-23(18(15-22)16-7-4-3-5-8-16)11-6-10-21-19(24)17(20)9-14-25-2;/h3-5,7-8,17-18H,6,9-15,20H2,1-2H3,(H,21,24);1H. The van der Waals surface area contributed by atoms with E-state index in [4.69, 9.17) is 5.73 Å². The summed E-state index contributed by atoms with van der Waals surface area (Å²) in [6.45, 7) is 4.90. The highest BCUT2D eigenvalue weighted by atomic mass is 35.5. The third kappa shape index (κ3) is 7.45. The number of carbonyl (C=O) groups is 1. The van der Waals surface area contributed by atoms with Gasteiger partial charge in [-0.15, -0.1) is 12.4 Å². The summed E-state index contributed by atoms with van der Waals surface area (Å²) in [5.41, 5.74) is 7.27. The number of hydrogen-bond donors (Lipinski definition) is 2. The molecule has 1 aliphatic rings. The predicted octanol–water partition coefficient (Wildman–Crippen LogP) is 1.98. The van der Waals surface area contributed by atoms with Crippen LogP contribution in [0.15, 0.2) is 30.3 Å². The number of nitrogens with one attached hydrogen (secondary N) is 1. The van der Waals surface area contributed by atoms with Crippen molar-refractivity contribution in [3.8, 4) is 0 Å². The van der Waals surface area contributed by atoms with E-state index in [-0.39, 0.29) is 24.4 Å². The van der Waals surface area contributed by atoms with Crippen molar-refractivity contribution in [2.45, 2.75) is 24.9 Å². The number of amides is 1. The molecule has 5 nitrogen and oxygen atoms in total. The fourth-order valence-electron chi connectivity index (χ4n) is 3.22. The number of likely N-dealkylation sites (N-methyl/N-ethyl adjacent to an activating group) is 1. The molecule has 2 atom stereocenters. The van der Waals surface area contributed by atoms with Crippen LogP contribution in [0.3, 0.4) is 0 Å². The van der Waals surface area contributed by atoms with Crippen LogP contribution in [0.25, 0.3) is 0 Å². The van der Waals surface area contributed by atoms with E-state index in [1.54, 1.807) is 11.8 Å². The Kier molecular flexibility index (Phi) is 11.2. The molecular formula is C19H33ClN4OS. The average Bonchev–Trinajstić information content (AvgIpc) is 2.64. The Labute approximate surface area is 168 Å². The Morgan fingerprint density at radius 3 is 2.77 bits per heavy atom. The lowest BCUT2D eigenvalue weighted by Gasteiger charge is -2.40. The Balaban J connectivity index is 0.00000338. The Hall–Kier alpha value is -0.790. The maximum Gasteiger partial charge on any atom is 0.236 e. The highest BCUT2D eigenvalue weighted by molar-refractivity contribution is 7.98. The molecule has 1 fully saturated rings. The summed E-state index contributed by atoms with van der Waals surface area (Å²) >= 11 is 1.72. The van der Waals surface area contributed by atoms with Gasteiger partial charge in [-0.25, -0.2) is 0 Å². The molecule has 0 aromatic heterocycles. The summed E-state index contributed by atoms with van der Waals surface area (Å²) in [6, 6.07) is 10.8. The molecule has 2 rings (SSSR count). The number of carbonyl (C=O) groups excluding carboxylic acids is 1. The van der Waals surface area contributed by atoms with Gasteiger partial charge in [0.2, 0.25) is 5.91 Å². The quantitative estimate of drug-likeness (QED) is 0.620. The van der Waals surface area contributed by atoms with Crippen molar-refractivity contribution in [2.75, 3.05) is 51.8 Å². The third-order valence-electron chi connectivity index (χ3n) is 4.77. The van der Waals surface area contributed by atoms with E-state index in [9.17, 15) is 4.79 Å². The maximum atomic E-state index is 12.0. The molecule has 26 heavy (non-hydrogen) atoms. The highest BCUT2D eigenvalue weighted by Crippen LogP contribution is 2.24. The molecule has 0 saturated carbocycles. The van der Waals surface area contributed by atoms with E-state index in [1.165, 1.54) is 5.56 Å². The molecule has 1 aliphatic heterocycles. The lowest BCUT2D eigenvalue weighted by atomic mass is 10.0. The molecule has 0 aliphatic carbocycles. The summed E-state index contributed by atoms with van der Waals surface area (Å²) < 4.78 is 0. The Morgan fingerprint density at radius 2 is 2.08 bits per heavy atom. The van der Waals surface area contributed by atoms with Gasteiger partial charge in [0.25, 0.3) is 0 Å². The van der Waals surface area contributed by atoms with Crippen molar-refractivity contribution in [3.63, 3.8) is 0 Å². The fraction of sp³-hybridized carbons (Fsp3) is 0.632. The average molecular weight is 401 g/mol. The van der Waals surface area contributed by atoms with Crippen molar-refractivity contribution in [2.24, 2.45) is 5.73 Å². The van der Waals surface area contributed by atoms with Crippen LogP contribution < -0.4 is 11.1 Å². The van der Waals surface area contributed by atoms with Gasteiger partial charge >= 0.3 is 0 Å². The highest BCUT2D eigenvalue weighted by Gasteiger charge is 2.26. The Morgan fingerprint density at radius 1 is 1.35 bits per heavy atom. The summed E-state index contributed by atoms with van der Waals surface area (Å²) in [5, 5.41) is 2.98. The first-order valence-electron chi connectivity index (χ1n) is 9.11. The molecule has 0 spiro atoms. The van der Waals surface area contributed by atoms with E-state index >= 15 is 0 Å². The number of rotatable bonds is 9. The topological polar surface area (TPSA) is 61.6 Å². The van der Waals surface area contributed by atoms with Crippen LogP contribution >= 0.6 is 24.2 Å². The van der Waals surface area contributed by atoms with Gasteiger partial charge in [-0.05, 0) is 37.5 Å². The van der Waals surface area contributed by atoms with Crippen LogP contribution in [0, 0.1) is 0 Å². The molecule has 148 valence electrons. The number of hydrogen-bond acceptors (Lipinski definition) is 5. The zero-order valence-corrected chi connectivity index (χ0v) is 17.5. The van der Waals surface area contributed by atoms with Crippen LogP contribution in [0.1, 0.15) is 24.4 Å². The number of nitrogens with two attached hydrogens (primary N) is 1. The summed E-state index contributed by atoms with van der Waals surface area (Å²) in [7, 11) is 2.18. The molecular weight excluding hydrogens is 368 g/mol. The van der Waals surface area contributed by atoms with E-state index < -0.39 is 0 Å². The number of thioether (sulfide) groups is 1. The smallest absolute Gasteiger partial charge is 0.236 e. The molecule has 1 aromatic rings. The van der Waals surface area contributed by atoms with Crippen molar-refractivity contribution in [3.05, 3.63) is 35.9 Å². The second-order valence-corrected chi connectivity index (χ2v) is 7.74. The number of halogens is 1. The van der Waals surface area contributed by atoms with E-state index in [2.05, 4.69) is 52.5 Å². The van der Waals surface area contributed by atoms with Gasteiger partial charge in [-0.2, -0.15) is 11.8 Å². The molecule has 0 radical (unpaired) electrons. The maximum absolute atomic E-state index is 12.0. The van der Waals surface area contributed by atoms with E-state index in [1.807, 2.05) is 6.26 Å². The molecule has 2 unspecified atom stereocenters. The monoisotopic (exact) mass is 400 g/mol. The van der Waals surface area contributed by atoms with Gasteiger partial charge in [0.05, 0.1) is 6.04 Å². The van der Waals surface area contributed by atoms with Crippen LogP contribution in [0.4, 0.5) is 0 Å². The van der Waals surface area contributed by atoms with Gasteiger partial charge in [-0.3, -0.25) is 9.69 Å². The largest absolute Gasteiger partial charge is 0.355 e. The molecule has 7 heteroatoms. The van der Waals surface area contributed by atoms with Gasteiger partial charge in [0.1, 0.15) is 0 Å². The molecule has 1 amide bonds. The lowest BCUT2D eigenvalue weighted by Crippen LogP contribution is -2.47. The number of benzene rings is 1.